The monoisotopic (exact) mass is 348 g/mol. The van der Waals surface area contributed by atoms with Crippen LogP contribution >= 0.6 is 22.9 Å². The van der Waals surface area contributed by atoms with Crippen LogP contribution in [0.1, 0.15) is 16.7 Å². The van der Waals surface area contributed by atoms with Crippen LogP contribution in [0.4, 0.5) is 10.1 Å². The molecule has 2 rings (SSSR count). The van der Waals surface area contributed by atoms with Gasteiger partial charge in [0, 0.05) is 16.3 Å². The average Bonchev–Trinajstić information content (AvgIpc) is 2.88. The number of halogens is 2. The lowest BCUT2D eigenvalue weighted by atomic mass is 10.3. The predicted molar refractivity (Wildman–Crippen MR) is 83.5 cm³/mol. The van der Waals surface area contributed by atoms with E-state index in [1.54, 1.807) is 0 Å². The SMILES string of the molecule is CCc1ccc(CNS(=O)(=O)c2cc(N)c(F)cc2Cl)s1. The highest BCUT2D eigenvalue weighted by atomic mass is 35.5. The molecule has 1 heterocycles. The van der Waals surface area contributed by atoms with Gasteiger partial charge >= 0.3 is 0 Å². The molecule has 1 aromatic heterocycles. The zero-order valence-corrected chi connectivity index (χ0v) is 13.6. The summed E-state index contributed by atoms with van der Waals surface area (Å²) >= 11 is 7.32. The number of thiophene rings is 1. The summed E-state index contributed by atoms with van der Waals surface area (Å²) in [4.78, 5) is 1.84. The van der Waals surface area contributed by atoms with Crippen molar-refractivity contribution >= 4 is 38.6 Å². The van der Waals surface area contributed by atoms with E-state index in [-0.39, 0.29) is 22.2 Å². The van der Waals surface area contributed by atoms with Gasteiger partial charge in [-0.2, -0.15) is 0 Å². The van der Waals surface area contributed by atoms with E-state index in [1.165, 1.54) is 16.2 Å². The lowest BCUT2D eigenvalue weighted by Gasteiger charge is -2.09. The summed E-state index contributed by atoms with van der Waals surface area (Å²) in [6.07, 6.45) is 0.901. The third-order valence-corrected chi connectivity index (χ3v) is 5.94. The summed E-state index contributed by atoms with van der Waals surface area (Å²) in [5, 5.41) is -0.199. The van der Waals surface area contributed by atoms with E-state index >= 15 is 0 Å². The van der Waals surface area contributed by atoms with Crippen molar-refractivity contribution in [2.24, 2.45) is 0 Å². The Morgan fingerprint density at radius 2 is 2.00 bits per heavy atom. The van der Waals surface area contributed by atoms with Crippen molar-refractivity contribution in [3.63, 3.8) is 0 Å². The highest BCUT2D eigenvalue weighted by Crippen LogP contribution is 2.26. The molecule has 2 aromatic rings. The molecule has 0 unspecified atom stereocenters. The minimum atomic E-state index is -3.85. The van der Waals surface area contributed by atoms with E-state index in [0.717, 1.165) is 23.4 Å². The fraction of sp³-hybridized carbons (Fsp3) is 0.231. The third-order valence-electron chi connectivity index (χ3n) is 2.84. The minimum absolute atomic E-state index is 0.153. The van der Waals surface area contributed by atoms with Crippen LogP contribution in [-0.2, 0) is 23.0 Å². The van der Waals surface area contributed by atoms with Crippen LogP contribution in [0, 0.1) is 5.82 Å². The normalized spacial score (nSPS) is 11.8. The number of aryl methyl sites for hydroxylation is 1. The van der Waals surface area contributed by atoms with Gasteiger partial charge in [-0.1, -0.05) is 18.5 Å². The first kappa shape index (κ1) is 16.2. The quantitative estimate of drug-likeness (QED) is 0.815. The summed E-state index contributed by atoms with van der Waals surface area (Å²) in [5.41, 5.74) is 5.13. The van der Waals surface area contributed by atoms with Gasteiger partial charge in [-0.3, -0.25) is 0 Å². The van der Waals surface area contributed by atoms with E-state index in [1.807, 2.05) is 19.1 Å². The molecule has 0 atom stereocenters. The Kier molecular flexibility index (Phi) is 4.88. The van der Waals surface area contributed by atoms with Crippen LogP contribution in [-0.4, -0.2) is 8.42 Å². The van der Waals surface area contributed by atoms with Crippen molar-refractivity contribution in [2.45, 2.75) is 24.8 Å². The second-order valence-electron chi connectivity index (χ2n) is 4.35. The first-order chi connectivity index (χ1) is 9.83. The Hall–Kier alpha value is -1.15. The highest BCUT2D eigenvalue weighted by Gasteiger charge is 2.20. The van der Waals surface area contributed by atoms with Crippen LogP contribution in [0.2, 0.25) is 5.02 Å². The van der Waals surface area contributed by atoms with Gasteiger partial charge in [-0.05, 0) is 30.7 Å². The van der Waals surface area contributed by atoms with Gasteiger partial charge in [0.1, 0.15) is 10.7 Å². The maximum atomic E-state index is 13.2. The number of nitrogens with one attached hydrogen (secondary N) is 1. The number of nitrogens with two attached hydrogens (primary N) is 1. The summed E-state index contributed by atoms with van der Waals surface area (Å²) in [6.45, 7) is 2.18. The van der Waals surface area contributed by atoms with E-state index in [2.05, 4.69) is 4.72 Å². The molecule has 21 heavy (non-hydrogen) atoms. The second-order valence-corrected chi connectivity index (χ2v) is 7.75. The van der Waals surface area contributed by atoms with E-state index in [4.69, 9.17) is 17.3 Å². The molecule has 4 nitrogen and oxygen atoms in total. The summed E-state index contributed by atoms with van der Waals surface area (Å²) in [7, 11) is -3.85. The molecule has 0 aliphatic rings. The van der Waals surface area contributed by atoms with Gasteiger partial charge in [-0.25, -0.2) is 17.5 Å². The highest BCUT2D eigenvalue weighted by molar-refractivity contribution is 7.89. The first-order valence-corrected chi connectivity index (χ1v) is 8.83. The maximum Gasteiger partial charge on any atom is 0.242 e. The van der Waals surface area contributed by atoms with E-state index in [9.17, 15) is 12.8 Å². The van der Waals surface area contributed by atoms with Crippen molar-refractivity contribution in [2.75, 3.05) is 5.73 Å². The van der Waals surface area contributed by atoms with Crippen LogP contribution in [0.5, 0.6) is 0 Å². The molecule has 0 spiro atoms. The largest absolute Gasteiger partial charge is 0.396 e. The van der Waals surface area contributed by atoms with Gasteiger partial charge in [0.25, 0.3) is 0 Å². The summed E-state index contributed by atoms with van der Waals surface area (Å²) < 4.78 is 40.0. The van der Waals surface area contributed by atoms with Gasteiger partial charge in [0.05, 0.1) is 10.7 Å². The third kappa shape index (κ3) is 3.74. The standard InChI is InChI=1S/C13H14ClFN2O2S2/c1-2-8-3-4-9(20-8)7-17-21(18,19)13-6-12(16)11(15)5-10(13)14/h3-6,17H,2,7,16H2,1H3. The Morgan fingerprint density at radius 1 is 1.33 bits per heavy atom. The fourth-order valence-electron chi connectivity index (χ4n) is 1.70. The number of anilines is 1. The molecule has 3 N–H and O–H groups in total. The molecule has 0 fully saturated rings. The van der Waals surface area contributed by atoms with Crippen molar-refractivity contribution in [1.29, 1.82) is 0 Å². The number of hydrogen-bond donors (Lipinski definition) is 2. The number of benzene rings is 1. The fourth-order valence-corrected chi connectivity index (χ4v) is 4.24. The predicted octanol–water partition coefficient (Wildman–Crippen LogP) is 3.16. The molecule has 0 radical (unpaired) electrons. The molecule has 8 heteroatoms. The number of sulfonamides is 1. The van der Waals surface area contributed by atoms with Crippen LogP contribution < -0.4 is 10.5 Å². The van der Waals surface area contributed by atoms with Crippen LogP contribution in [0.25, 0.3) is 0 Å². The van der Waals surface area contributed by atoms with Crippen molar-refractivity contribution in [1.82, 2.24) is 4.72 Å². The molecule has 0 amide bonds. The Morgan fingerprint density at radius 3 is 2.62 bits per heavy atom. The smallest absolute Gasteiger partial charge is 0.242 e. The lowest BCUT2D eigenvalue weighted by molar-refractivity contribution is 0.581. The number of hydrogen-bond acceptors (Lipinski definition) is 4. The molecule has 0 saturated carbocycles. The molecule has 0 aliphatic heterocycles. The molecule has 0 saturated heterocycles. The second kappa shape index (κ2) is 6.31. The molecule has 0 aliphatic carbocycles. The Balaban J connectivity index is 2.20. The molecule has 1 aromatic carbocycles. The number of rotatable bonds is 5. The Bertz CT molecular complexity index is 760. The van der Waals surface area contributed by atoms with E-state index in [0.29, 0.717) is 0 Å². The minimum Gasteiger partial charge on any atom is -0.396 e. The molecular formula is C13H14ClFN2O2S2. The Labute approximate surface area is 131 Å². The topological polar surface area (TPSA) is 72.2 Å². The zero-order valence-electron chi connectivity index (χ0n) is 11.2. The van der Waals surface area contributed by atoms with Gasteiger partial charge in [0.2, 0.25) is 10.0 Å². The van der Waals surface area contributed by atoms with Crippen molar-refractivity contribution < 1.29 is 12.8 Å². The van der Waals surface area contributed by atoms with Crippen molar-refractivity contribution in [3.8, 4) is 0 Å². The number of nitrogen functional groups attached to an aromatic ring is 1. The lowest BCUT2D eigenvalue weighted by Crippen LogP contribution is -2.23. The molecule has 0 bridgehead atoms. The van der Waals surface area contributed by atoms with E-state index < -0.39 is 15.8 Å². The van der Waals surface area contributed by atoms with Crippen LogP contribution in [0.3, 0.4) is 0 Å². The summed E-state index contributed by atoms with van der Waals surface area (Å²) in [6, 6.07) is 5.74. The maximum absolute atomic E-state index is 13.2. The van der Waals surface area contributed by atoms with Gasteiger partial charge < -0.3 is 5.73 Å². The molecule has 114 valence electrons. The average molecular weight is 349 g/mol. The molecular weight excluding hydrogens is 335 g/mol. The van der Waals surface area contributed by atoms with Crippen LogP contribution in [0.15, 0.2) is 29.2 Å². The summed E-state index contributed by atoms with van der Waals surface area (Å²) in [5.74, 6) is -0.746. The first-order valence-electron chi connectivity index (χ1n) is 6.15. The van der Waals surface area contributed by atoms with Gasteiger partial charge in [0.15, 0.2) is 0 Å². The zero-order chi connectivity index (χ0) is 15.6. The van der Waals surface area contributed by atoms with Gasteiger partial charge in [-0.15, -0.1) is 11.3 Å². The van der Waals surface area contributed by atoms with Crippen molar-refractivity contribution in [3.05, 3.63) is 44.9 Å².